The molecule has 0 atom stereocenters. The molecule has 0 aliphatic carbocycles. The van der Waals surface area contributed by atoms with Gasteiger partial charge in [0, 0.05) is 5.56 Å². The summed E-state index contributed by atoms with van der Waals surface area (Å²) in [5.74, 6) is -0.212. The van der Waals surface area contributed by atoms with Crippen molar-refractivity contribution in [2.24, 2.45) is 0 Å². The first kappa shape index (κ1) is 9.20. The number of nitrogens with two attached hydrogens (primary N) is 1. The second kappa shape index (κ2) is 2.81. The van der Waals surface area contributed by atoms with Crippen LogP contribution < -0.4 is 11.3 Å². The summed E-state index contributed by atoms with van der Waals surface area (Å²) in [7, 11) is -3.10. The second-order valence-electron chi connectivity index (χ2n) is 3.22. The van der Waals surface area contributed by atoms with Gasteiger partial charge in [0.05, 0.1) is 17.2 Å². The predicted molar refractivity (Wildman–Crippen MR) is 50.5 cm³/mol. The molecule has 1 aliphatic rings. The monoisotopic (exact) mass is 215 g/mol. The van der Waals surface area contributed by atoms with Crippen LogP contribution in [-0.4, -0.2) is 24.1 Å². The number of nitrogens with zero attached hydrogens (tertiary/aromatic N) is 1. The maximum Gasteiger partial charge on any atom is 0.255 e. The van der Waals surface area contributed by atoms with E-state index < -0.39 is 9.84 Å². The van der Waals surface area contributed by atoms with Crippen LogP contribution in [0, 0.1) is 0 Å². The van der Waals surface area contributed by atoms with Gasteiger partial charge in [-0.1, -0.05) is 0 Å². The highest BCUT2D eigenvalue weighted by Crippen LogP contribution is 2.15. The van der Waals surface area contributed by atoms with Gasteiger partial charge < -0.3 is 5.73 Å². The van der Waals surface area contributed by atoms with E-state index in [9.17, 15) is 13.2 Å². The van der Waals surface area contributed by atoms with Crippen molar-refractivity contribution in [3.8, 4) is 0 Å². The van der Waals surface area contributed by atoms with Gasteiger partial charge in [-0.2, -0.15) is 0 Å². The summed E-state index contributed by atoms with van der Waals surface area (Å²) >= 11 is 0. The Morgan fingerprint density at radius 2 is 2.14 bits per heavy atom. The topological polar surface area (TPSA) is 106 Å². The molecule has 0 amide bonds. The molecule has 3 N–H and O–H groups in total. The zero-order valence-electron chi connectivity index (χ0n) is 7.28. The highest BCUT2D eigenvalue weighted by molar-refractivity contribution is 7.90. The minimum absolute atomic E-state index is 0.00861. The minimum Gasteiger partial charge on any atom is -0.369 e. The molecule has 0 unspecified atom stereocenters. The molecule has 6 nitrogen and oxygen atoms in total. The summed E-state index contributed by atoms with van der Waals surface area (Å²) in [6.45, 7) is 0. The first-order chi connectivity index (χ1) is 6.48. The number of nitrogens with one attached hydrogen (secondary N) is 1. The summed E-state index contributed by atoms with van der Waals surface area (Å²) in [6.07, 6.45) is 0.222. The summed E-state index contributed by atoms with van der Waals surface area (Å²) < 4.78 is 22.5. The molecule has 1 aromatic heterocycles. The number of aromatic nitrogens is 2. The standard InChI is InChI=1S/C7H9N3O3S/c8-7-9-5-3-14(12,13)2-1-4(5)6(11)10-7/h1-3H2,(H3,8,9,10,11). The lowest BCUT2D eigenvalue weighted by Gasteiger charge is -2.13. The van der Waals surface area contributed by atoms with Gasteiger partial charge in [0.25, 0.3) is 5.56 Å². The van der Waals surface area contributed by atoms with Crippen LogP contribution in [-0.2, 0) is 22.0 Å². The summed E-state index contributed by atoms with van der Waals surface area (Å²) in [5.41, 5.74) is 5.71. The van der Waals surface area contributed by atoms with Crippen LogP contribution in [0.3, 0.4) is 0 Å². The number of sulfone groups is 1. The molecule has 76 valence electrons. The number of fused-ring (bicyclic) bond motifs is 1. The number of anilines is 1. The van der Waals surface area contributed by atoms with Crippen LogP contribution >= 0.6 is 0 Å². The molecule has 0 fully saturated rings. The van der Waals surface area contributed by atoms with Gasteiger partial charge in [0.15, 0.2) is 9.84 Å². The van der Waals surface area contributed by atoms with E-state index in [0.717, 1.165) is 0 Å². The number of hydrogen-bond donors (Lipinski definition) is 2. The molecule has 0 bridgehead atoms. The fourth-order valence-corrected chi connectivity index (χ4v) is 2.79. The number of hydrogen-bond acceptors (Lipinski definition) is 5. The van der Waals surface area contributed by atoms with Gasteiger partial charge in [-0.25, -0.2) is 13.4 Å². The van der Waals surface area contributed by atoms with E-state index >= 15 is 0 Å². The van der Waals surface area contributed by atoms with E-state index in [1.165, 1.54) is 0 Å². The smallest absolute Gasteiger partial charge is 0.255 e. The number of nitrogen functional groups attached to an aromatic ring is 1. The lowest BCUT2D eigenvalue weighted by molar-refractivity contribution is 0.590. The largest absolute Gasteiger partial charge is 0.369 e. The van der Waals surface area contributed by atoms with Crippen LogP contribution in [0.25, 0.3) is 0 Å². The Hall–Kier alpha value is -1.37. The number of aromatic amines is 1. The summed E-state index contributed by atoms with van der Waals surface area (Å²) in [5, 5.41) is 0. The van der Waals surface area contributed by atoms with Crippen molar-refractivity contribution in [3.63, 3.8) is 0 Å². The Labute approximate surface area is 80.1 Å². The number of rotatable bonds is 0. The van der Waals surface area contributed by atoms with Crippen LogP contribution in [0.15, 0.2) is 4.79 Å². The van der Waals surface area contributed by atoms with Crippen LogP contribution in [0.1, 0.15) is 11.3 Å². The fraction of sp³-hybridized carbons (Fsp3) is 0.429. The van der Waals surface area contributed by atoms with E-state index in [1.807, 2.05) is 0 Å². The first-order valence-corrected chi connectivity index (χ1v) is 5.88. The van der Waals surface area contributed by atoms with E-state index in [-0.39, 0.29) is 35.1 Å². The van der Waals surface area contributed by atoms with Crippen molar-refractivity contribution in [3.05, 3.63) is 21.6 Å². The Balaban J connectivity index is 2.64. The third kappa shape index (κ3) is 1.50. The third-order valence-corrected chi connectivity index (χ3v) is 3.68. The zero-order chi connectivity index (χ0) is 10.3. The maximum atomic E-state index is 11.3. The Morgan fingerprint density at radius 3 is 2.86 bits per heavy atom. The zero-order valence-corrected chi connectivity index (χ0v) is 8.10. The Bertz CT molecular complexity index is 532. The number of H-pyrrole nitrogens is 1. The van der Waals surface area contributed by atoms with E-state index in [4.69, 9.17) is 5.73 Å². The third-order valence-electron chi connectivity index (χ3n) is 2.14. The molecular weight excluding hydrogens is 206 g/mol. The lowest BCUT2D eigenvalue weighted by Crippen LogP contribution is -2.28. The molecule has 1 aliphatic heterocycles. The lowest BCUT2D eigenvalue weighted by atomic mass is 10.2. The van der Waals surface area contributed by atoms with Crippen LogP contribution in [0.4, 0.5) is 5.95 Å². The normalized spacial score (nSPS) is 18.9. The summed E-state index contributed by atoms with van der Waals surface area (Å²) in [4.78, 5) is 17.5. The fourth-order valence-electron chi connectivity index (χ4n) is 1.48. The first-order valence-electron chi connectivity index (χ1n) is 4.06. The van der Waals surface area contributed by atoms with Crippen molar-refractivity contribution >= 4 is 15.8 Å². The maximum absolute atomic E-state index is 11.3. The van der Waals surface area contributed by atoms with Gasteiger partial charge in [-0.05, 0) is 6.42 Å². The average molecular weight is 215 g/mol. The summed E-state index contributed by atoms with van der Waals surface area (Å²) in [6, 6.07) is 0. The molecular formula is C7H9N3O3S. The van der Waals surface area contributed by atoms with Gasteiger partial charge in [0.1, 0.15) is 0 Å². The molecule has 7 heteroatoms. The van der Waals surface area contributed by atoms with Crippen molar-refractivity contribution in [2.45, 2.75) is 12.2 Å². The molecule has 2 heterocycles. The Morgan fingerprint density at radius 1 is 1.43 bits per heavy atom. The van der Waals surface area contributed by atoms with Gasteiger partial charge in [0.2, 0.25) is 5.95 Å². The SMILES string of the molecule is Nc1nc2c(c(=O)[nH]1)CCS(=O)(=O)C2. The molecule has 0 saturated heterocycles. The van der Waals surface area contributed by atoms with Crippen molar-refractivity contribution in [2.75, 3.05) is 11.5 Å². The van der Waals surface area contributed by atoms with Crippen LogP contribution in [0.2, 0.25) is 0 Å². The average Bonchev–Trinajstić information content (AvgIpc) is 2.00. The molecule has 0 aromatic carbocycles. The van der Waals surface area contributed by atoms with Gasteiger partial charge in [-0.15, -0.1) is 0 Å². The molecule has 2 rings (SSSR count). The highest BCUT2D eigenvalue weighted by atomic mass is 32.2. The molecule has 0 spiro atoms. The molecule has 0 saturated carbocycles. The van der Waals surface area contributed by atoms with E-state index in [2.05, 4.69) is 9.97 Å². The van der Waals surface area contributed by atoms with Crippen LogP contribution in [0.5, 0.6) is 0 Å². The van der Waals surface area contributed by atoms with Crippen molar-refractivity contribution in [1.29, 1.82) is 0 Å². The van der Waals surface area contributed by atoms with E-state index in [0.29, 0.717) is 5.56 Å². The van der Waals surface area contributed by atoms with Crippen molar-refractivity contribution < 1.29 is 8.42 Å². The predicted octanol–water partition coefficient (Wildman–Crippen LogP) is -1.18. The molecule has 0 radical (unpaired) electrons. The van der Waals surface area contributed by atoms with Gasteiger partial charge >= 0.3 is 0 Å². The second-order valence-corrected chi connectivity index (χ2v) is 5.40. The van der Waals surface area contributed by atoms with Crippen molar-refractivity contribution in [1.82, 2.24) is 9.97 Å². The van der Waals surface area contributed by atoms with E-state index in [1.54, 1.807) is 0 Å². The quantitative estimate of drug-likeness (QED) is 0.566. The van der Waals surface area contributed by atoms with Gasteiger partial charge in [-0.3, -0.25) is 9.78 Å². The highest BCUT2D eigenvalue weighted by Gasteiger charge is 2.24. The Kier molecular flexibility index (Phi) is 1.84. The minimum atomic E-state index is -3.10. The molecule has 1 aromatic rings. The molecule has 14 heavy (non-hydrogen) atoms.